The van der Waals surface area contributed by atoms with Gasteiger partial charge >= 0.3 is 0 Å². The summed E-state index contributed by atoms with van der Waals surface area (Å²) >= 11 is 0. The molecule has 4 nitrogen and oxygen atoms in total. The smallest absolute Gasteiger partial charge is 0.139 e. The number of aromatic nitrogens is 2. The molecular formula is C14H25N3O. The van der Waals surface area contributed by atoms with E-state index in [9.17, 15) is 5.11 Å². The fourth-order valence-electron chi connectivity index (χ4n) is 3.11. The lowest BCUT2D eigenvalue weighted by Gasteiger charge is -2.47. The predicted octanol–water partition coefficient (Wildman–Crippen LogP) is 1.96. The maximum absolute atomic E-state index is 10.8. The van der Waals surface area contributed by atoms with Crippen molar-refractivity contribution in [2.75, 3.05) is 14.1 Å². The van der Waals surface area contributed by atoms with E-state index < -0.39 is 6.10 Å². The molecule has 1 aliphatic rings. The number of aliphatic hydroxyl groups excluding tert-OH is 1. The van der Waals surface area contributed by atoms with E-state index in [1.807, 2.05) is 17.8 Å². The first kappa shape index (κ1) is 13.6. The zero-order chi connectivity index (χ0) is 13.3. The average Bonchev–Trinajstić information content (AvgIpc) is 2.75. The van der Waals surface area contributed by atoms with E-state index >= 15 is 0 Å². The van der Waals surface area contributed by atoms with Gasteiger partial charge < -0.3 is 14.6 Å². The molecule has 0 spiro atoms. The Labute approximate surface area is 110 Å². The highest BCUT2D eigenvalue weighted by molar-refractivity contribution is 5.08. The average molecular weight is 251 g/mol. The molecule has 1 aromatic rings. The van der Waals surface area contributed by atoms with Crippen molar-refractivity contribution < 1.29 is 5.11 Å². The van der Waals surface area contributed by atoms with Crippen molar-refractivity contribution in [2.24, 2.45) is 13.0 Å². The molecule has 18 heavy (non-hydrogen) atoms. The molecule has 0 bridgehead atoms. The van der Waals surface area contributed by atoms with Crippen LogP contribution in [0.5, 0.6) is 0 Å². The first-order chi connectivity index (χ1) is 8.47. The zero-order valence-electron chi connectivity index (χ0n) is 11.9. The minimum absolute atomic E-state index is 0.161. The lowest BCUT2D eigenvalue weighted by molar-refractivity contribution is -0.0462. The van der Waals surface area contributed by atoms with Crippen LogP contribution in [-0.2, 0) is 7.05 Å². The Bertz CT molecular complexity index is 391. The van der Waals surface area contributed by atoms with Crippen LogP contribution in [-0.4, -0.2) is 39.2 Å². The Hall–Kier alpha value is -0.870. The van der Waals surface area contributed by atoms with Gasteiger partial charge in [0.25, 0.3) is 0 Å². The second-order valence-corrected chi connectivity index (χ2v) is 5.98. The Morgan fingerprint density at radius 2 is 2.06 bits per heavy atom. The van der Waals surface area contributed by atoms with Crippen LogP contribution in [0.25, 0.3) is 0 Å². The lowest BCUT2D eigenvalue weighted by Crippen LogP contribution is -2.52. The molecule has 1 fully saturated rings. The summed E-state index contributed by atoms with van der Waals surface area (Å²) in [4.78, 5) is 6.52. The maximum Gasteiger partial charge on any atom is 0.139 e. The lowest BCUT2D eigenvalue weighted by atomic mass is 9.73. The van der Waals surface area contributed by atoms with Crippen LogP contribution in [0.1, 0.15) is 44.5 Å². The maximum atomic E-state index is 10.8. The summed E-state index contributed by atoms with van der Waals surface area (Å²) in [5, 5.41) is 10.8. The van der Waals surface area contributed by atoms with Crippen molar-refractivity contribution in [3.8, 4) is 0 Å². The monoisotopic (exact) mass is 251 g/mol. The van der Waals surface area contributed by atoms with E-state index in [-0.39, 0.29) is 5.54 Å². The Morgan fingerprint density at radius 3 is 2.50 bits per heavy atom. The molecule has 0 saturated heterocycles. The van der Waals surface area contributed by atoms with Crippen LogP contribution in [0, 0.1) is 5.92 Å². The quantitative estimate of drug-likeness (QED) is 0.893. The van der Waals surface area contributed by atoms with Gasteiger partial charge in [0.2, 0.25) is 0 Å². The molecule has 1 aromatic heterocycles. The van der Waals surface area contributed by atoms with Crippen LogP contribution in [0.2, 0.25) is 0 Å². The molecular weight excluding hydrogens is 226 g/mol. The number of hydrogen-bond donors (Lipinski definition) is 1. The van der Waals surface area contributed by atoms with Crippen LogP contribution in [0.15, 0.2) is 12.4 Å². The molecule has 1 N–H and O–H groups in total. The summed E-state index contributed by atoms with van der Waals surface area (Å²) in [5.74, 6) is 1.55. The van der Waals surface area contributed by atoms with Gasteiger partial charge in [-0.1, -0.05) is 6.92 Å². The number of aryl methyl sites for hydroxylation is 1. The normalized spacial score (nSPS) is 30.7. The Balaban J connectivity index is 2.28. The van der Waals surface area contributed by atoms with Crippen molar-refractivity contribution in [2.45, 2.75) is 44.2 Å². The van der Waals surface area contributed by atoms with Crippen molar-refractivity contribution in [3.63, 3.8) is 0 Å². The van der Waals surface area contributed by atoms with E-state index in [0.29, 0.717) is 0 Å². The highest BCUT2D eigenvalue weighted by Crippen LogP contribution is 2.43. The fourth-order valence-corrected chi connectivity index (χ4v) is 3.11. The molecule has 0 aromatic carbocycles. The molecule has 1 aliphatic carbocycles. The van der Waals surface area contributed by atoms with Gasteiger partial charge in [-0.3, -0.25) is 0 Å². The molecule has 0 aliphatic heterocycles. The van der Waals surface area contributed by atoms with Crippen LogP contribution >= 0.6 is 0 Å². The number of aliphatic hydroxyl groups is 1. The molecule has 1 heterocycles. The Kier molecular flexibility index (Phi) is 3.78. The van der Waals surface area contributed by atoms with E-state index in [1.54, 1.807) is 6.20 Å². The van der Waals surface area contributed by atoms with Gasteiger partial charge in [-0.05, 0) is 45.7 Å². The van der Waals surface area contributed by atoms with Gasteiger partial charge in [-0.2, -0.15) is 0 Å². The summed E-state index contributed by atoms with van der Waals surface area (Å²) in [6.07, 6.45) is 7.57. The minimum atomic E-state index is -0.514. The summed E-state index contributed by atoms with van der Waals surface area (Å²) in [6, 6.07) is 0. The number of rotatable bonds is 3. The Morgan fingerprint density at radius 1 is 1.44 bits per heavy atom. The predicted molar refractivity (Wildman–Crippen MR) is 72.2 cm³/mol. The summed E-state index contributed by atoms with van der Waals surface area (Å²) in [5.41, 5.74) is -0.161. The van der Waals surface area contributed by atoms with E-state index in [2.05, 4.69) is 30.9 Å². The summed E-state index contributed by atoms with van der Waals surface area (Å²) in [7, 11) is 6.09. The molecule has 1 saturated carbocycles. The van der Waals surface area contributed by atoms with E-state index in [4.69, 9.17) is 0 Å². The topological polar surface area (TPSA) is 41.3 Å². The number of imidazole rings is 1. The van der Waals surface area contributed by atoms with Gasteiger partial charge in [0, 0.05) is 19.4 Å². The minimum Gasteiger partial charge on any atom is -0.383 e. The van der Waals surface area contributed by atoms with E-state index in [0.717, 1.165) is 24.6 Å². The number of likely N-dealkylation sites (N-methyl/N-ethyl adjacent to an activating group) is 1. The molecule has 2 rings (SSSR count). The van der Waals surface area contributed by atoms with Crippen molar-refractivity contribution >= 4 is 0 Å². The molecule has 1 unspecified atom stereocenters. The summed E-state index contributed by atoms with van der Waals surface area (Å²) < 4.78 is 1.92. The van der Waals surface area contributed by atoms with Crippen molar-refractivity contribution in [3.05, 3.63) is 18.2 Å². The SMILES string of the molecule is CC1CCC(C(O)c2nccn2C)(N(C)C)CC1. The number of hydrogen-bond acceptors (Lipinski definition) is 3. The fraction of sp³-hybridized carbons (Fsp3) is 0.786. The van der Waals surface area contributed by atoms with E-state index in [1.165, 1.54) is 12.8 Å². The zero-order valence-corrected chi connectivity index (χ0v) is 11.9. The second kappa shape index (κ2) is 5.02. The first-order valence-electron chi connectivity index (χ1n) is 6.80. The van der Waals surface area contributed by atoms with Gasteiger partial charge in [0.15, 0.2) is 0 Å². The van der Waals surface area contributed by atoms with Crippen molar-refractivity contribution in [1.29, 1.82) is 0 Å². The molecule has 4 heteroatoms. The summed E-state index contributed by atoms with van der Waals surface area (Å²) in [6.45, 7) is 2.30. The standard InChI is InChI=1S/C14H25N3O/c1-11-5-7-14(8-6-11,16(2)3)12(18)13-15-9-10-17(13)4/h9-12,18H,5-8H2,1-4H3. The number of nitrogens with zero attached hydrogens (tertiary/aromatic N) is 3. The molecule has 0 amide bonds. The highest BCUT2D eigenvalue weighted by atomic mass is 16.3. The van der Waals surface area contributed by atoms with Gasteiger partial charge in [-0.15, -0.1) is 0 Å². The third-order valence-corrected chi connectivity index (χ3v) is 4.64. The third-order valence-electron chi connectivity index (χ3n) is 4.64. The van der Waals surface area contributed by atoms with Crippen molar-refractivity contribution in [1.82, 2.24) is 14.5 Å². The van der Waals surface area contributed by atoms with Gasteiger partial charge in [-0.25, -0.2) is 4.98 Å². The molecule has 102 valence electrons. The molecule has 1 atom stereocenters. The highest BCUT2D eigenvalue weighted by Gasteiger charge is 2.44. The molecule has 0 radical (unpaired) electrons. The largest absolute Gasteiger partial charge is 0.383 e. The van der Waals surface area contributed by atoms with Crippen LogP contribution in [0.4, 0.5) is 0 Å². The third kappa shape index (κ3) is 2.19. The van der Waals surface area contributed by atoms with Gasteiger partial charge in [0.1, 0.15) is 11.9 Å². The van der Waals surface area contributed by atoms with Gasteiger partial charge in [0.05, 0.1) is 5.54 Å². The van der Waals surface area contributed by atoms with Crippen LogP contribution in [0.3, 0.4) is 0 Å². The second-order valence-electron chi connectivity index (χ2n) is 5.98. The first-order valence-corrected chi connectivity index (χ1v) is 6.80. The van der Waals surface area contributed by atoms with Crippen LogP contribution < -0.4 is 0 Å².